The van der Waals surface area contributed by atoms with Crippen LogP contribution in [0.3, 0.4) is 0 Å². The second kappa shape index (κ2) is 12.5. The van der Waals surface area contributed by atoms with E-state index in [-0.39, 0.29) is 24.0 Å². The third-order valence-corrected chi connectivity index (χ3v) is 4.75. The number of halogens is 1. The molecule has 0 saturated carbocycles. The van der Waals surface area contributed by atoms with Crippen molar-refractivity contribution in [2.45, 2.75) is 25.8 Å². The Balaban J connectivity index is 0.00000338. The van der Waals surface area contributed by atoms with Crippen LogP contribution < -0.4 is 5.32 Å². The van der Waals surface area contributed by atoms with Crippen molar-refractivity contribution < 1.29 is 4.74 Å². The number of guanidine groups is 1. The molecule has 2 atom stereocenters. The third kappa shape index (κ3) is 7.80. The van der Waals surface area contributed by atoms with Crippen molar-refractivity contribution in [2.24, 2.45) is 10.9 Å². The zero-order valence-electron chi connectivity index (χ0n) is 16.6. The highest BCUT2D eigenvalue weighted by Crippen LogP contribution is 2.13. The van der Waals surface area contributed by atoms with E-state index in [0.717, 1.165) is 51.6 Å². The number of aliphatic imine (C=N–C) groups is 1. The van der Waals surface area contributed by atoms with Crippen LogP contribution in [0.25, 0.3) is 0 Å². The molecular formula is C20H35IN4O. The molecule has 148 valence electrons. The minimum absolute atomic E-state index is 0. The lowest BCUT2D eigenvalue weighted by atomic mass is 10.1. The Bertz CT molecular complexity index is 518. The average molecular weight is 474 g/mol. The Labute approximate surface area is 176 Å². The number of hydrogen-bond acceptors (Lipinski definition) is 3. The normalized spacial score (nSPS) is 18.5. The largest absolute Gasteiger partial charge is 0.381 e. The fourth-order valence-corrected chi connectivity index (χ4v) is 3.16. The highest BCUT2D eigenvalue weighted by molar-refractivity contribution is 14.0. The average Bonchev–Trinajstić information content (AvgIpc) is 3.11. The predicted octanol–water partition coefficient (Wildman–Crippen LogP) is 2.71. The van der Waals surface area contributed by atoms with Crippen molar-refractivity contribution in [3.05, 3.63) is 35.9 Å². The molecule has 0 amide bonds. The molecule has 2 rings (SSSR count). The van der Waals surface area contributed by atoms with Gasteiger partial charge in [-0.2, -0.15) is 0 Å². The number of hydrogen-bond donors (Lipinski definition) is 1. The van der Waals surface area contributed by atoms with Gasteiger partial charge in [-0.05, 0) is 39.4 Å². The van der Waals surface area contributed by atoms with Gasteiger partial charge in [0, 0.05) is 38.7 Å². The molecule has 1 aliphatic rings. The van der Waals surface area contributed by atoms with Gasteiger partial charge in [0.25, 0.3) is 0 Å². The summed E-state index contributed by atoms with van der Waals surface area (Å²) in [6.45, 7) is 6.56. The van der Waals surface area contributed by atoms with Gasteiger partial charge < -0.3 is 19.9 Å². The maximum absolute atomic E-state index is 5.50. The summed E-state index contributed by atoms with van der Waals surface area (Å²) in [5.41, 5.74) is 1.36. The van der Waals surface area contributed by atoms with Crippen LogP contribution in [0.1, 0.15) is 18.9 Å². The molecule has 0 spiro atoms. The first-order valence-electron chi connectivity index (χ1n) is 9.37. The highest BCUT2D eigenvalue weighted by atomic mass is 127. The van der Waals surface area contributed by atoms with Gasteiger partial charge in [0.05, 0.1) is 13.2 Å². The molecule has 1 heterocycles. The van der Waals surface area contributed by atoms with Crippen LogP contribution >= 0.6 is 24.0 Å². The molecular weight excluding hydrogens is 439 g/mol. The molecule has 26 heavy (non-hydrogen) atoms. The molecule has 1 aromatic rings. The van der Waals surface area contributed by atoms with Gasteiger partial charge in [0.15, 0.2) is 5.96 Å². The molecule has 2 unspecified atom stereocenters. The van der Waals surface area contributed by atoms with Crippen molar-refractivity contribution in [1.82, 2.24) is 15.1 Å². The van der Waals surface area contributed by atoms with Gasteiger partial charge in [-0.1, -0.05) is 30.3 Å². The van der Waals surface area contributed by atoms with Crippen LogP contribution in [0.2, 0.25) is 0 Å². The number of ether oxygens (including phenoxy) is 1. The van der Waals surface area contributed by atoms with Crippen LogP contribution in [-0.4, -0.2) is 75.8 Å². The van der Waals surface area contributed by atoms with E-state index in [1.54, 1.807) is 0 Å². The summed E-state index contributed by atoms with van der Waals surface area (Å²) in [7, 11) is 6.40. The van der Waals surface area contributed by atoms with Gasteiger partial charge >= 0.3 is 0 Å². The molecule has 5 nitrogen and oxygen atoms in total. The molecule has 0 aromatic heterocycles. The maximum atomic E-state index is 5.50. The van der Waals surface area contributed by atoms with Gasteiger partial charge in [-0.3, -0.25) is 4.99 Å². The van der Waals surface area contributed by atoms with E-state index in [1.165, 1.54) is 5.56 Å². The molecule has 1 fully saturated rings. The number of likely N-dealkylation sites (N-methyl/N-ethyl adjacent to an activating group) is 1. The summed E-state index contributed by atoms with van der Waals surface area (Å²) >= 11 is 0. The van der Waals surface area contributed by atoms with Crippen molar-refractivity contribution in [3.8, 4) is 0 Å². The Morgan fingerprint density at radius 2 is 2.00 bits per heavy atom. The molecule has 1 aromatic carbocycles. The zero-order chi connectivity index (χ0) is 18.1. The van der Waals surface area contributed by atoms with Crippen molar-refractivity contribution >= 4 is 29.9 Å². The third-order valence-electron chi connectivity index (χ3n) is 4.75. The van der Waals surface area contributed by atoms with Crippen molar-refractivity contribution in [3.63, 3.8) is 0 Å². The first-order chi connectivity index (χ1) is 12.1. The first kappa shape index (κ1) is 23.2. The van der Waals surface area contributed by atoms with E-state index in [9.17, 15) is 0 Å². The summed E-state index contributed by atoms with van der Waals surface area (Å²) in [5, 5.41) is 3.43. The lowest BCUT2D eigenvalue weighted by Gasteiger charge is -2.27. The molecule has 0 aliphatic carbocycles. The van der Waals surface area contributed by atoms with Crippen LogP contribution in [0.15, 0.2) is 35.3 Å². The Hall–Kier alpha value is -0.860. The fraction of sp³-hybridized carbons (Fsp3) is 0.650. The van der Waals surface area contributed by atoms with Crippen LogP contribution in [0, 0.1) is 5.92 Å². The smallest absolute Gasteiger partial charge is 0.193 e. The summed E-state index contributed by atoms with van der Waals surface area (Å²) in [5.74, 6) is 1.61. The second-order valence-corrected chi connectivity index (χ2v) is 7.11. The monoisotopic (exact) mass is 474 g/mol. The molecule has 0 radical (unpaired) electrons. The van der Waals surface area contributed by atoms with Gasteiger partial charge in [0.1, 0.15) is 0 Å². The maximum Gasteiger partial charge on any atom is 0.193 e. The minimum Gasteiger partial charge on any atom is -0.381 e. The van der Waals surface area contributed by atoms with Gasteiger partial charge in [0.2, 0.25) is 0 Å². The lowest BCUT2D eigenvalue weighted by Crippen LogP contribution is -2.42. The summed E-state index contributed by atoms with van der Waals surface area (Å²) in [4.78, 5) is 9.44. The van der Waals surface area contributed by atoms with Crippen LogP contribution in [0.5, 0.6) is 0 Å². The Morgan fingerprint density at radius 1 is 1.27 bits per heavy atom. The van der Waals surface area contributed by atoms with E-state index in [0.29, 0.717) is 12.0 Å². The van der Waals surface area contributed by atoms with Crippen LogP contribution in [0.4, 0.5) is 0 Å². The van der Waals surface area contributed by atoms with Crippen molar-refractivity contribution in [2.75, 3.05) is 54.0 Å². The molecule has 1 saturated heterocycles. The summed E-state index contributed by atoms with van der Waals surface area (Å²) in [6.07, 6.45) is 2.16. The fourth-order valence-electron chi connectivity index (χ4n) is 3.16. The summed E-state index contributed by atoms with van der Waals surface area (Å²) in [6, 6.07) is 11.0. The van der Waals surface area contributed by atoms with E-state index in [4.69, 9.17) is 9.73 Å². The van der Waals surface area contributed by atoms with E-state index >= 15 is 0 Å². The minimum atomic E-state index is 0. The Kier molecular flexibility index (Phi) is 11.2. The number of nitrogens with one attached hydrogen (secondary N) is 1. The SMILES string of the molecule is CCNC(=NCC(Cc1ccccc1)N(C)C)N(C)CC1CCOC1.I. The standard InChI is InChI=1S/C20H34N4O.HI/c1-5-21-20(24(4)15-18-11-12-25-16-18)22-14-19(23(2)3)13-17-9-7-6-8-10-17;/h6-10,18-19H,5,11-16H2,1-4H3,(H,21,22);1H. The zero-order valence-corrected chi connectivity index (χ0v) is 19.0. The van der Waals surface area contributed by atoms with Gasteiger partial charge in [-0.15, -0.1) is 24.0 Å². The quantitative estimate of drug-likeness (QED) is 0.358. The topological polar surface area (TPSA) is 40.1 Å². The number of nitrogens with zero attached hydrogens (tertiary/aromatic N) is 3. The lowest BCUT2D eigenvalue weighted by molar-refractivity contribution is 0.181. The van der Waals surface area contributed by atoms with Crippen LogP contribution in [-0.2, 0) is 11.2 Å². The molecule has 6 heteroatoms. The second-order valence-electron chi connectivity index (χ2n) is 7.11. The predicted molar refractivity (Wildman–Crippen MR) is 121 cm³/mol. The van der Waals surface area contributed by atoms with Gasteiger partial charge in [-0.25, -0.2) is 0 Å². The molecule has 0 bridgehead atoms. The molecule has 1 aliphatic heterocycles. The Morgan fingerprint density at radius 3 is 2.58 bits per heavy atom. The number of benzene rings is 1. The highest BCUT2D eigenvalue weighted by Gasteiger charge is 2.19. The summed E-state index contributed by atoms with van der Waals surface area (Å²) < 4.78 is 5.50. The van der Waals surface area contributed by atoms with E-state index < -0.39 is 0 Å². The molecule has 1 N–H and O–H groups in total. The van der Waals surface area contributed by atoms with Crippen molar-refractivity contribution in [1.29, 1.82) is 0 Å². The van der Waals surface area contributed by atoms with E-state index in [2.05, 4.69) is 73.5 Å². The first-order valence-corrected chi connectivity index (χ1v) is 9.37. The number of rotatable bonds is 8. The van der Waals surface area contributed by atoms with E-state index in [1.807, 2.05) is 0 Å².